The fraction of sp³-hybridized carbons (Fsp3) is 0.900. The lowest BCUT2D eigenvalue weighted by molar-refractivity contribution is -0.122. The molecule has 5 nitrogen and oxygen atoms in total. The van der Waals surface area contributed by atoms with Crippen molar-refractivity contribution < 1.29 is 14.6 Å². The lowest BCUT2D eigenvalue weighted by atomic mass is 10.2. The van der Waals surface area contributed by atoms with Gasteiger partial charge in [0.05, 0.1) is 18.8 Å². The topological polar surface area (TPSA) is 84.6 Å². The minimum Gasteiger partial charge on any atom is -0.391 e. The molecule has 0 spiro atoms. The Bertz CT molecular complexity index is 193. The molecule has 4 N–H and O–H groups in total. The predicted octanol–water partition coefficient (Wildman–Crippen LogP) is -0.420. The van der Waals surface area contributed by atoms with Crippen molar-refractivity contribution in [2.24, 2.45) is 5.73 Å². The van der Waals surface area contributed by atoms with E-state index in [9.17, 15) is 9.90 Å². The normalized spacial score (nSPS) is 14.5. The molecule has 0 radical (unpaired) electrons. The van der Waals surface area contributed by atoms with E-state index in [1.807, 2.05) is 6.26 Å². The molecule has 16 heavy (non-hydrogen) atoms. The Morgan fingerprint density at radius 3 is 2.81 bits per heavy atom. The average molecular weight is 250 g/mol. The van der Waals surface area contributed by atoms with Crippen LogP contribution in [0.15, 0.2) is 0 Å². The third kappa shape index (κ3) is 7.92. The molecule has 0 fully saturated rings. The summed E-state index contributed by atoms with van der Waals surface area (Å²) >= 11 is 1.67. The van der Waals surface area contributed by atoms with E-state index in [1.54, 1.807) is 11.8 Å². The molecule has 0 aromatic carbocycles. The van der Waals surface area contributed by atoms with E-state index in [0.717, 1.165) is 5.75 Å². The van der Waals surface area contributed by atoms with Gasteiger partial charge in [0.2, 0.25) is 5.91 Å². The van der Waals surface area contributed by atoms with E-state index in [4.69, 9.17) is 10.5 Å². The highest BCUT2D eigenvalue weighted by Crippen LogP contribution is 1.98. The number of amides is 1. The maximum absolute atomic E-state index is 11.4. The molecule has 0 aliphatic carbocycles. The monoisotopic (exact) mass is 250 g/mol. The summed E-state index contributed by atoms with van der Waals surface area (Å²) in [4.78, 5) is 11.4. The third-order valence-corrected chi connectivity index (χ3v) is 2.75. The van der Waals surface area contributed by atoms with Crippen molar-refractivity contribution in [2.75, 3.05) is 32.3 Å². The van der Waals surface area contributed by atoms with Crippen LogP contribution >= 0.6 is 11.8 Å². The highest BCUT2D eigenvalue weighted by atomic mass is 32.2. The number of rotatable bonds is 9. The van der Waals surface area contributed by atoms with Crippen LogP contribution < -0.4 is 11.1 Å². The van der Waals surface area contributed by atoms with Crippen molar-refractivity contribution in [3.05, 3.63) is 0 Å². The van der Waals surface area contributed by atoms with E-state index in [1.165, 1.54) is 7.11 Å². The van der Waals surface area contributed by atoms with Crippen molar-refractivity contribution in [3.8, 4) is 0 Å². The second-order valence-electron chi connectivity index (χ2n) is 3.58. The molecule has 0 saturated carbocycles. The molecule has 0 bridgehead atoms. The molecule has 0 rings (SSSR count). The third-order valence-electron chi connectivity index (χ3n) is 2.11. The van der Waals surface area contributed by atoms with E-state index in [2.05, 4.69) is 5.32 Å². The summed E-state index contributed by atoms with van der Waals surface area (Å²) in [6, 6.07) is -0.452. The number of aliphatic hydroxyl groups excluding tert-OH is 1. The first kappa shape index (κ1) is 15.7. The van der Waals surface area contributed by atoms with Gasteiger partial charge in [-0.05, 0) is 24.9 Å². The molecule has 1 amide bonds. The zero-order chi connectivity index (χ0) is 12.4. The molecule has 0 aliphatic heterocycles. The molecule has 0 aromatic heterocycles. The Kier molecular flexibility index (Phi) is 9.71. The molecular weight excluding hydrogens is 228 g/mol. The summed E-state index contributed by atoms with van der Waals surface area (Å²) in [5, 5.41) is 12.0. The Labute approximate surface area is 101 Å². The van der Waals surface area contributed by atoms with Crippen LogP contribution in [0.25, 0.3) is 0 Å². The van der Waals surface area contributed by atoms with Gasteiger partial charge in [0, 0.05) is 13.7 Å². The first-order valence-corrected chi connectivity index (χ1v) is 6.70. The van der Waals surface area contributed by atoms with Gasteiger partial charge in [-0.1, -0.05) is 0 Å². The largest absolute Gasteiger partial charge is 0.391 e. The summed E-state index contributed by atoms with van der Waals surface area (Å²) in [5.41, 5.74) is 5.67. The molecule has 1 unspecified atom stereocenters. The Balaban J connectivity index is 3.56. The van der Waals surface area contributed by atoms with Crippen molar-refractivity contribution >= 4 is 17.7 Å². The van der Waals surface area contributed by atoms with Gasteiger partial charge in [0.15, 0.2) is 0 Å². The molecule has 0 aliphatic rings. The van der Waals surface area contributed by atoms with Crippen LogP contribution in [0.2, 0.25) is 0 Å². The molecule has 96 valence electrons. The van der Waals surface area contributed by atoms with E-state index >= 15 is 0 Å². The van der Waals surface area contributed by atoms with Crippen LogP contribution in [-0.4, -0.2) is 55.4 Å². The predicted molar refractivity (Wildman–Crippen MR) is 66.5 cm³/mol. The number of methoxy groups -OCH3 is 1. The summed E-state index contributed by atoms with van der Waals surface area (Å²) in [6.45, 7) is 0.713. The maximum Gasteiger partial charge on any atom is 0.236 e. The van der Waals surface area contributed by atoms with Gasteiger partial charge in [0.1, 0.15) is 0 Å². The number of aliphatic hydroxyl groups is 1. The van der Waals surface area contributed by atoms with Crippen LogP contribution in [0.4, 0.5) is 0 Å². The van der Waals surface area contributed by atoms with Crippen LogP contribution in [0, 0.1) is 0 Å². The number of carbonyl (C=O) groups is 1. The Morgan fingerprint density at radius 1 is 1.56 bits per heavy atom. The summed E-state index contributed by atoms with van der Waals surface area (Å²) in [7, 11) is 1.53. The number of nitrogens with two attached hydrogens (primary N) is 1. The fourth-order valence-corrected chi connectivity index (χ4v) is 1.63. The van der Waals surface area contributed by atoms with Gasteiger partial charge >= 0.3 is 0 Å². The van der Waals surface area contributed by atoms with Crippen LogP contribution in [0.1, 0.15) is 12.8 Å². The number of hydrogen-bond donors (Lipinski definition) is 3. The van der Waals surface area contributed by atoms with Crippen molar-refractivity contribution in [1.29, 1.82) is 0 Å². The van der Waals surface area contributed by atoms with Crippen molar-refractivity contribution in [3.63, 3.8) is 0 Å². The van der Waals surface area contributed by atoms with Gasteiger partial charge in [-0.3, -0.25) is 4.79 Å². The van der Waals surface area contributed by atoms with Crippen LogP contribution in [-0.2, 0) is 9.53 Å². The SMILES string of the molecule is COCC(O)CCNC(=O)[C@H](N)CCSC. The lowest BCUT2D eigenvalue weighted by Crippen LogP contribution is -2.42. The zero-order valence-electron chi connectivity index (χ0n) is 9.94. The average Bonchev–Trinajstić information content (AvgIpc) is 2.26. The molecule has 0 aromatic rings. The number of ether oxygens (including phenoxy) is 1. The number of thioether (sulfide) groups is 1. The number of hydrogen-bond acceptors (Lipinski definition) is 5. The van der Waals surface area contributed by atoms with Gasteiger partial charge in [-0.25, -0.2) is 0 Å². The highest BCUT2D eigenvalue weighted by Gasteiger charge is 2.12. The molecule has 2 atom stereocenters. The van der Waals surface area contributed by atoms with E-state index < -0.39 is 12.1 Å². The standard InChI is InChI=1S/C10H22N2O3S/c1-15-7-8(13)3-5-12-10(14)9(11)4-6-16-2/h8-9,13H,3-7,11H2,1-2H3,(H,12,14)/t8?,9-/m1/s1. The van der Waals surface area contributed by atoms with Crippen molar-refractivity contribution in [1.82, 2.24) is 5.32 Å². The highest BCUT2D eigenvalue weighted by molar-refractivity contribution is 7.98. The smallest absolute Gasteiger partial charge is 0.236 e. The molecule has 0 saturated heterocycles. The quantitative estimate of drug-likeness (QED) is 0.517. The molecule has 0 heterocycles. The lowest BCUT2D eigenvalue weighted by Gasteiger charge is -2.13. The summed E-state index contributed by atoms with van der Waals surface area (Å²) < 4.78 is 4.77. The fourth-order valence-electron chi connectivity index (χ4n) is 1.14. The van der Waals surface area contributed by atoms with Crippen LogP contribution in [0.3, 0.4) is 0 Å². The summed E-state index contributed by atoms with van der Waals surface area (Å²) in [6.07, 6.45) is 2.60. The van der Waals surface area contributed by atoms with Crippen molar-refractivity contribution in [2.45, 2.75) is 25.0 Å². The van der Waals surface area contributed by atoms with Gasteiger partial charge in [-0.15, -0.1) is 0 Å². The second kappa shape index (κ2) is 9.89. The zero-order valence-corrected chi connectivity index (χ0v) is 10.8. The number of nitrogens with one attached hydrogen (secondary N) is 1. The minimum absolute atomic E-state index is 0.154. The molecule has 6 heteroatoms. The summed E-state index contributed by atoms with van der Waals surface area (Å²) in [5.74, 6) is 0.722. The van der Waals surface area contributed by atoms with E-state index in [-0.39, 0.29) is 12.5 Å². The molecular formula is C10H22N2O3S. The van der Waals surface area contributed by atoms with Gasteiger partial charge in [0.25, 0.3) is 0 Å². The first-order valence-electron chi connectivity index (χ1n) is 5.31. The Morgan fingerprint density at radius 2 is 2.25 bits per heavy atom. The van der Waals surface area contributed by atoms with Crippen LogP contribution in [0.5, 0.6) is 0 Å². The maximum atomic E-state index is 11.4. The van der Waals surface area contributed by atoms with Gasteiger partial charge < -0.3 is 20.9 Å². The number of carbonyl (C=O) groups excluding carboxylic acids is 1. The second-order valence-corrected chi connectivity index (χ2v) is 4.56. The Hall–Kier alpha value is -0.300. The first-order chi connectivity index (χ1) is 7.61. The van der Waals surface area contributed by atoms with Gasteiger partial charge in [-0.2, -0.15) is 11.8 Å². The minimum atomic E-state index is -0.535. The van der Waals surface area contributed by atoms with E-state index in [0.29, 0.717) is 19.4 Å².